The van der Waals surface area contributed by atoms with Gasteiger partial charge in [-0.25, -0.2) is 0 Å². The average molecular weight is 270 g/mol. The van der Waals surface area contributed by atoms with Crippen LogP contribution in [-0.2, 0) is 4.79 Å². The number of ether oxygens (including phenoxy) is 1. The number of aliphatic hydroxyl groups is 1. The number of carbonyl (C=O) groups is 1. The zero-order valence-electron chi connectivity index (χ0n) is 10.00. The van der Waals surface area contributed by atoms with E-state index in [2.05, 4.69) is 0 Å². The molecule has 2 rings (SSSR count). The first-order chi connectivity index (χ1) is 8.95. The maximum Gasteiger partial charge on any atom is 0.307 e. The van der Waals surface area contributed by atoms with Gasteiger partial charge in [0.15, 0.2) is 5.75 Å². The first-order valence-electron chi connectivity index (χ1n) is 5.59. The molecule has 0 bridgehead atoms. The smallest absolute Gasteiger partial charge is 0.307 e. The maximum atomic E-state index is 13.5. The molecule has 1 aliphatic heterocycles. The predicted octanol–water partition coefficient (Wildman–Crippen LogP) is 1.19. The molecule has 1 heterocycles. The molecule has 0 saturated carbocycles. The van der Waals surface area contributed by atoms with Gasteiger partial charge in [0, 0.05) is 18.7 Å². The van der Waals surface area contributed by atoms with Crippen LogP contribution in [0.5, 0.6) is 5.75 Å². The van der Waals surface area contributed by atoms with Gasteiger partial charge in [0.25, 0.3) is 12.2 Å². The number of carbonyl (C=O) groups excluding carboxylic acids is 1. The Bertz CT molecular complexity index is 548. The van der Waals surface area contributed by atoms with Crippen molar-refractivity contribution in [3.8, 4) is 5.75 Å². The van der Waals surface area contributed by atoms with Crippen LogP contribution >= 0.6 is 0 Å². The number of fused-ring (bicyclic) bond motifs is 1. The number of nitro benzene ring substituents is 1. The number of aliphatic hydroxyl groups excluding tert-OH is 1. The Morgan fingerprint density at radius 1 is 1.58 bits per heavy atom. The number of halogens is 1. The van der Waals surface area contributed by atoms with E-state index in [0.717, 1.165) is 17.0 Å². The number of nitro groups is 1. The van der Waals surface area contributed by atoms with Crippen LogP contribution in [0.25, 0.3) is 0 Å². The molecule has 8 heteroatoms. The molecule has 102 valence electrons. The van der Waals surface area contributed by atoms with E-state index >= 15 is 0 Å². The Balaban J connectivity index is 2.56. The summed E-state index contributed by atoms with van der Waals surface area (Å²) >= 11 is 0. The zero-order chi connectivity index (χ0) is 14.2. The monoisotopic (exact) mass is 270 g/mol. The van der Waals surface area contributed by atoms with E-state index in [1.807, 2.05) is 0 Å². The van der Waals surface area contributed by atoms with E-state index < -0.39 is 28.6 Å². The molecule has 0 fully saturated rings. The molecular weight excluding hydrogens is 259 g/mol. The van der Waals surface area contributed by atoms with Gasteiger partial charge in [0.2, 0.25) is 5.82 Å². The lowest BCUT2D eigenvalue weighted by Gasteiger charge is -2.31. The standard InChI is InChI=1S/C11H11FN2O5/c1-2-3-13-8-5-7(14(17)18)6(12)4-9(8)19-11(16)10(13)15/h4-5,11,16H,2-3H2,1H3. The van der Waals surface area contributed by atoms with Crippen LogP contribution in [0.2, 0.25) is 0 Å². The second-order valence-corrected chi connectivity index (χ2v) is 3.99. The number of rotatable bonds is 3. The lowest BCUT2D eigenvalue weighted by atomic mass is 10.2. The second kappa shape index (κ2) is 4.81. The van der Waals surface area contributed by atoms with E-state index in [0.29, 0.717) is 6.42 Å². The van der Waals surface area contributed by atoms with Crippen molar-refractivity contribution in [2.24, 2.45) is 0 Å². The van der Waals surface area contributed by atoms with Crippen LogP contribution in [0.15, 0.2) is 12.1 Å². The van der Waals surface area contributed by atoms with Crippen LogP contribution in [0, 0.1) is 15.9 Å². The molecule has 1 aromatic carbocycles. The SMILES string of the molecule is CCCN1C(=O)C(O)Oc2cc(F)c([N+](=O)[O-])cc21. The van der Waals surface area contributed by atoms with Crippen molar-refractivity contribution < 1.29 is 24.0 Å². The molecule has 0 saturated heterocycles. The minimum Gasteiger partial charge on any atom is -0.453 e. The molecule has 1 aromatic rings. The summed E-state index contributed by atoms with van der Waals surface area (Å²) < 4.78 is 18.3. The number of amides is 1. The number of hydrogen-bond acceptors (Lipinski definition) is 5. The highest BCUT2D eigenvalue weighted by molar-refractivity contribution is 5.99. The Labute approximate surface area is 107 Å². The van der Waals surface area contributed by atoms with Gasteiger partial charge >= 0.3 is 5.69 Å². The zero-order valence-corrected chi connectivity index (χ0v) is 10.00. The largest absolute Gasteiger partial charge is 0.453 e. The normalized spacial score (nSPS) is 17.9. The third-order valence-corrected chi connectivity index (χ3v) is 2.68. The fraction of sp³-hybridized carbons (Fsp3) is 0.364. The van der Waals surface area contributed by atoms with Gasteiger partial charge in [0.05, 0.1) is 10.6 Å². The molecule has 1 atom stereocenters. The highest BCUT2D eigenvalue weighted by Gasteiger charge is 2.35. The molecule has 19 heavy (non-hydrogen) atoms. The van der Waals surface area contributed by atoms with E-state index in [-0.39, 0.29) is 18.0 Å². The van der Waals surface area contributed by atoms with Crippen LogP contribution in [0.4, 0.5) is 15.8 Å². The summed E-state index contributed by atoms with van der Waals surface area (Å²) in [4.78, 5) is 22.7. The van der Waals surface area contributed by atoms with E-state index in [1.165, 1.54) is 0 Å². The lowest BCUT2D eigenvalue weighted by molar-refractivity contribution is -0.387. The minimum atomic E-state index is -1.72. The van der Waals surface area contributed by atoms with Crippen LogP contribution in [-0.4, -0.2) is 28.8 Å². The summed E-state index contributed by atoms with van der Waals surface area (Å²) in [6.45, 7) is 2.04. The van der Waals surface area contributed by atoms with Gasteiger partial charge in [0.1, 0.15) is 0 Å². The quantitative estimate of drug-likeness (QED) is 0.657. The van der Waals surface area contributed by atoms with Gasteiger partial charge in [-0.05, 0) is 6.42 Å². The fourth-order valence-electron chi connectivity index (χ4n) is 1.85. The topological polar surface area (TPSA) is 92.9 Å². The molecule has 1 N–H and O–H groups in total. The third kappa shape index (κ3) is 2.22. The van der Waals surface area contributed by atoms with E-state index in [1.54, 1.807) is 6.92 Å². The Kier molecular flexibility index (Phi) is 3.34. The molecule has 1 aliphatic rings. The lowest BCUT2D eigenvalue weighted by Crippen LogP contribution is -2.46. The van der Waals surface area contributed by atoms with E-state index in [4.69, 9.17) is 4.74 Å². The fourth-order valence-corrected chi connectivity index (χ4v) is 1.85. The average Bonchev–Trinajstić information content (AvgIpc) is 2.34. The second-order valence-electron chi connectivity index (χ2n) is 3.99. The number of benzene rings is 1. The van der Waals surface area contributed by atoms with Gasteiger partial charge in [-0.1, -0.05) is 6.92 Å². The molecule has 0 aromatic heterocycles. The first-order valence-corrected chi connectivity index (χ1v) is 5.59. The van der Waals surface area contributed by atoms with Gasteiger partial charge in [-0.2, -0.15) is 4.39 Å². The summed E-state index contributed by atoms with van der Waals surface area (Å²) in [5.41, 5.74) is -0.655. The van der Waals surface area contributed by atoms with E-state index in [9.17, 15) is 24.4 Å². The molecule has 1 amide bonds. The van der Waals surface area contributed by atoms with Crippen molar-refractivity contribution in [2.75, 3.05) is 11.4 Å². The number of nitrogens with zero attached hydrogens (tertiary/aromatic N) is 2. The van der Waals surface area contributed by atoms with Crippen molar-refractivity contribution in [3.05, 3.63) is 28.1 Å². The molecule has 7 nitrogen and oxygen atoms in total. The Morgan fingerprint density at radius 2 is 2.26 bits per heavy atom. The summed E-state index contributed by atoms with van der Waals surface area (Å²) in [6.07, 6.45) is -1.15. The summed E-state index contributed by atoms with van der Waals surface area (Å²) in [5.74, 6) is -1.90. The van der Waals surface area contributed by atoms with Crippen LogP contribution < -0.4 is 9.64 Å². The summed E-state index contributed by atoms with van der Waals surface area (Å²) in [7, 11) is 0. The van der Waals surface area contributed by atoms with Crippen molar-refractivity contribution in [1.82, 2.24) is 0 Å². The van der Waals surface area contributed by atoms with Crippen molar-refractivity contribution in [2.45, 2.75) is 19.6 Å². The predicted molar refractivity (Wildman–Crippen MR) is 62.3 cm³/mol. The van der Waals surface area contributed by atoms with Crippen molar-refractivity contribution in [1.29, 1.82) is 0 Å². The number of anilines is 1. The summed E-state index contributed by atoms with van der Waals surface area (Å²) in [6, 6.07) is 1.73. The Hall–Kier alpha value is -2.22. The molecule has 0 spiro atoms. The van der Waals surface area contributed by atoms with Gasteiger partial charge in [-0.15, -0.1) is 0 Å². The van der Waals surface area contributed by atoms with Gasteiger partial charge < -0.3 is 14.7 Å². The molecule has 0 radical (unpaired) electrons. The molecule has 1 unspecified atom stereocenters. The highest BCUT2D eigenvalue weighted by Crippen LogP contribution is 2.38. The minimum absolute atomic E-state index is 0.0882. The molecule has 0 aliphatic carbocycles. The van der Waals surface area contributed by atoms with Crippen molar-refractivity contribution >= 4 is 17.3 Å². The van der Waals surface area contributed by atoms with Crippen LogP contribution in [0.1, 0.15) is 13.3 Å². The number of hydrogen-bond donors (Lipinski definition) is 1. The van der Waals surface area contributed by atoms with Gasteiger partial charge in [-0.3, -0.25) is 14.9 Å². The first kappa shape index (κ1) is 13.2. The van der Waals surface area contributed by atoms with Crippen molar-refractivity contribution in [3.63, 3.8) is 0 Å². The highest BCUT2D eigenvalue weighted by atomic mass is 19.1. The Morgan fingerprint density at radius 3 is 2.84 bits per heavy atom. The van der Waals surface area contributed by atoms with Crippen LogP contribution in [0.3, 0.4) is 0 Å². The third-order valence-electron chi connectivity index (χ3n) is 2.68. The summed E-state index contributed by atoms with van der Waals surface area (Å²) in [5, 5.41) is 20.1. The maximum absolute atomic E-state index is 13.5. The molecular formula is C11H11FN2O5.